The monoisotopic (exact) mass is 522 g/mol. The number of carbonyl (C=O) groups excluding carboxylic acids is 2. The van der Waals surface area contributed by atoms with E-state index in [1.165, 1.54) is 14.2 Å². The van der Waals surface area contributed by atoms with E-state index in [0.717, 1.165) is 0 Å². The van der Waals surface area contributed by atoms with Gasteiger partial charge in [0.1, 0.15) is 0 Å². The van der Waals surface area contributed by atoms with Crippen molar-refractivity contribution in [3.05, 3.63) is 108 Å². The van der Waals surface area contributed by atoms with Crippen LogP contribution in [0.1, 0.15) is 20.7 Å². The molecule has 0 radical (unpaired) electrons. The molecule has 0 saturated heterocycles. The van der Waals surface area contributed by atoms with Gasteiger partial charge in [-0.1, -0.05) is 0 Å². The van der Waals surface area contributed by atoms with E-state index in [-0.39, 0.29) is 7.25 Å². The SMILES string of the molecule is COC(=O)c1ccccc1[O][Zr]([O]c1ccccc1C(=O)OC)([CH]1C=CC=C1)[CH]1C=CC=C1. The molecule has 0 saturated carbocycles. The number of allylic oxidation sites excluding steroid dienone is 8. The molecule has 4 rings (SSSR count). The summed E-state index contributed by atoms with van der Waals surface area (Å²) in [5, 5.41) is 0. The molecular weight excluding hydrogens is 500 g/mol. The summed E-state index contributed by atoms with van der Waals surface area (Å²) in [5.74, 6) is -0.178. The average molecular weight is 524 g/mol. The first-order chi connectivity index (χ1) is 16.1. The minimum absolute atomic E-state index is 0.117. The molecule has 168 valence electrons. The molecule has 33 heavy (non-hydrogen) atoms. The average Bonchev–Trinajstić information content (AvgIpc) is 3.58. The fourth-order valence-corrected chi connectivity index (χ4v) is 12.8. The van der Waals surface area contributed by atoms with Crippen molar-refractivity contribution in [2.75, 3.05) is 14.2 Å². The van der Waals surface area contributed by atoms with E-state index in [9.17, 15) is 9.59 Å². The van der Waals surface area contributed by atoms with Crippen LogP contribution in [0.15, 0.2) is 97.1 Å². The van der Waals surface area contributed by atoms with Gasteiger partial charge in [0.2, 0.25) is 0 Å². The molecule has 2 aromatic carbocycles. The van der Waals surface area contributed by atoms with E-state index in [1.807, 2.05) is 24.3 Å². The molecule has 0 amide bonds. The van der Waals surface area contributed by atoms with Crippen LogP contribution in [0.3, 0.4) is 0 Å². The van der Waals surface area contributed by atoms with Gasteiger partial charge in [-0.2, -0.15) is 0 Å². The van der Waals surface area contributed by atoms with Crippen LogP contribution in [-0.4, -0.2) is 26.2 Å². The first kappa shape index (κ1) is 23.0. The van der Waals surface area contributed by atoms with Crippen LogP contribution in [0, 0.1) is 0 Å². The first-order valence-corrected chi connectivity index (χ1v) is 15.4. The van der Waals surface area contributed by atoms with E-state index in [4.69, 9.17) is 15.1 Å². The Bertz CT molecular complexity index is 1050. The Morgan fingerprint density at radius 1 is 0.636 bits per heavy atom. The molecule has 0 aliphatic heterocycles. The quantitative estimate of drug-likeness (QED) is 0.424. The molecule has 0 heterocycles. The molecule has 0 spiro atoms. The Morgan fingerprint density at radius 2 is 1.00 bits per heavy atom. The summed E-state index contributed by atoms with van der Waals surface area (Å²) in [6.07, 6.45) is 16.1. The van der Waals surface area contributed by atoms with Crippen LogP contribution in [0.5, 0.6) is 11.5 Å². The zero-order valence-electron chi connectivity index (χ0n) is 18.3. The van der Waals surface area contributed by atoms with Gasteiger partial charge in [0.15, 0.2) is 0 Å². The maximum atomic E-state index is 12.5. The predicted octanol–water partition coefficient (Wildman–Crippen LogP) is 5.53. The van der Waals surface area contributed by atoms with E-state index in [1.54, 1.807) is 48.5 Å². The van der Waals surface area contributed by atoms with Crippen molar-refractivity contribution in [1.29, 1.82) is 0 Å². The molecule has 0 aromatic heterocycles. The Labute approximate surface area is 198 Å². The Hall–Kier alpha value is -3.18. The number of benzene rings is 2. The molecular formula is C26H24O6Zr. The number of rotatable bonds is 8. The minimum atomic E-state index is -4.38. The molecule has 0 unspecified atom stereocenters. The fraction of sp³-hybridized carbons (Fsp3) is 0.154. The molecule has 2 aliphatic rings. The third-order valence-corrected chi connectivity index (χ3v) is 14.7. The van der Waals surface area contributed by atoms with Crippen molar-refractivity contribution in [3.8, 4) is 11.5 Å². The van der Waals surface area contributed by atoms with Crippen LogP contribution < -0.4 is 5.63 Å². The van der Waals surface area contributed by atoms with Crippen molar-refractivity contribution in [1.82, 2.24) is 0 Å². The summed E-state index contributed by atoms with van der Waals surface area (Å²) in [7, 11) is 2.67. The topological polar surface area (TPSA) is 71.1 Å². The second-order valence-electron chi connectivity index (χ2n) is 7.49. The van der Waals surface area contributed by atoms with E-state index < -0.39 is 33.1 Å². The van der Waals surface area contributed by atoms with Crippen LogP contribution in [0.2, 0.25) is 7.25 Å². The normalized spacial score (nSPS) is 15.1. The molecule has 0 fully saturated rings. The number of methoxy groups -OCH3 is 2. The molecule has 2 aromatic rings. The predicted molar refractivity (Wildman–Crippen MR) is 121 cm³/mol. The van der Waals surface area contributed by atoms with Gasteiger partial charge in [0, 0.05) is 0 Å². The third-order valence-electron chi connectivity index (χ3n) is 5.55. The molecule has 2 aliphatic carbocycles. The number of carbonyl (C=O) groups is 2. The van der Waals surface area contributed by atoms with E-state index >= 15 is 0 Å². The number of esters is 2. The molecule has 6 nitrogen and oxygen atoms in total. The Balaban J connectivity index is 1.87. The van der Waals surface area contributed by atoms with E-state index in [0.29, 0.717) is 22.6 Å². The number of ether oxygens (including phenoxy) is 2. The van der Waals surface area contributed by atoms with Gasteiger partial charge in [-0.15, -0.1) is 0 Å². The van der Waals surface area contributed by atoms with Gasteiger partial charge < -0.3 is 0 Å². The fourth-order valence-electron chi connectivity index (χ4n) is 3.93. The second-order valence-corrected chi connectivity index (χ2v) is 15.3. The number of hydrogen-bond donors (Lipinski definition) is 0. The third kappa shape index (κ3) is 4.64. The van der Waals surface area contributed by atoms with Gasteiger partial charge in [-0.05, 0) is 0 Å². The number of para-hydroxylation sites is 2. The van der Waals surface area contributed by atoms with Crippen molar-refractivity contribution in [3.63, 3.8) is 0 Å². The van der Waals surface area contributed by atoms with Gasteiger partial charge in [0.05, 0.1) is 0 Å². The van der Waals surface area contributed by atoms with Crippen molar-refractivity contribution >= 4 is 11.9 Å². The zero-order valence-corrected chi connectivity index (χ0v) is 20.8. The summed E-state index contributed by atoms with van der Waals surface area (Å²) in [6.45, 7) is 0. The molecule has 0 bridgehead atoms. The van der Waals surface area contributed by atoms with Crippen molar-refractivity contribution in [2.24, 2.45) is 0 Å². The van der Waals surface area contributed by atoms with Crippen molar-refractivity contribution < 1.29 is 45.8 Å². The first-order valence-electron chi connectivity index (χ1n) is 10.5. The van der Waals surface area contributed by atoms with Crippen LogP contribution in [0.4, 0.5) is 0 Å². The summed E-state index contributed by atoms with van der Waals surface area (Å²) >= 11 is -4.38. The second kappa shape index (κ2) is 10.2. The molecule has 7 heteroatoms. The summed E-state index contributed by atoms with van der Waals surface area (Å²) in [5.41, 5.74) is 0.644. The summed E-state index contributed by atoms with van der Waals surface area (Å²) in [4.78, 5) is 24.9. The van der Waals surface area contributed by atoms with Crippen LogP contribution in [-0.2, 0) is 30.6 Å². The van der Waals surface area contributed by atoms with Gasteiger partial charge >= 0.3 is 199 Å². The van der Waals surface area contributed by atoms with Crippen LogP contribution in [0.25, 0.3) is 0 Å². The Kier molecular flexibility index (Phi) is 7.09. The standard InChI is InChI=1S/2C8H8O3.2C5H5.Zr/c2*1-11-8(10)6-4-2-3-5-7(6)9;2*1-2-4-5-3-1;/h2*2-5,9H,1H3;2*1-5H;/q;;;;+2/p-2. The van der Waals surface area contributed by atoms with Crippen molar-refractivity contribution in [2.45, 2.75) is 7.25 Å². The van der Waals surface area contributed by atoms with Gasteiger partial charge in [-0.3, -0.25) is 0 Å². The zero-order chi connectivity index (χ0) is 23.3. The number of hydrogen-bond acceptors (Lipinski definition) is 6. The van der Waals surface area contributed by atoms with Crippen LogP contribution >= 0.6 is 0 Å². The van der Waals surface area contributed by atoms with Gasteiger partial charge in [-0.25, -0.2) is 0 Å². The van der Waals surface area contributed by atoms with Gasteiger partial charge in [0.25, 0.3) is 0 Å². The summed E-state index contributed by atoms with van der Waals surface area (Å²) < 4.78 is 23.4. The summed E-state index contributed by atoms with van der Waals surface area (Å²) in [6, 6.07) is 14.0. The van der Waals surface area contributed by atoms with E-state index in [2.05, 4.69) is 24.3 Å². The molecule has 0 atom stereocenters. The molecule has 0 N–H and O–H groups in total. The Morgan fingerprint density at radius 3 is 1.36 bits per heavy atom. The maximum absolute atomic E-state index is 12.5.